The normalized spacial score (nSPS) is 12.3. The van der Waals surface area contributed by atoms with Crippen molar-refractivity contribution in [2.24, 2.45) is 0 Å². The van der Waals surface area contributed by atoms with Crippen LogP contribution in [0.25, 0.3) is 0 Å². The molecule has 0 saturated heterocycles. The first-order chi connectivity index (χ1) is 9.02. The van der Waals surface area contributed by atoms with Gasteiger partial charge in [0.1, 0.15) is 5.75 Å². The van der Waals surface area contributed by atoms with E-state index >= 15 is 0 Å². The molecule has 2 aromatic rings. The number of halogens is 2. The maximum Gasteiger partial charge on any atom is 0.121 e. The third-order valence-corrected chi connectivity index (χ3v) is 4.88. The summed E-state index contributed by atoms with van der Waals surface area (Å²) in [4.78, 5) is 0.173. The van der Waals surface area contributed by atoms with Crippen molar-refractivity contribution < 1.29 is 4.74 Å². The second kappa shape index (κ2) is 6.10. The molecule has 0 amide bonds. The summed E-state index contributed by atoms with van der Waals surface area (Å²) in [6.07, 6.45) is 0. The Morgan fingerprint density at radius 1 is 1.05 bits per heavy atom. The van der Waals surface area contributed by atoms with E-state index in [2.05, 4.69) is 76.0 Å². The van der Waals surface area contributed by atoms with Crippen molar-refractivity contribution in [1.82, 2.24) is 0 Å². The third kappa shape index (κ3) is 3.21. The molecule has 1 nitrogen and oxygen atoms in total. The number of rotatable bonds is 3. The first-order valence-electron chi connectivity index (χ1n) is 6.07. The predicted octanol–water partition coefficient (Wildman–Crippen LogP) is 5.56. The van der Waals surface area contributed by atoms with Crippen molar-refractivity contribution in [1.29, 1.82) is 0 Å². The highest BCUT2D eigenvalue weighted by atomic mass is 79.9. The first kappa shape index (κ1) is 14.6. The molecule has 2 rings (SSSR count). The van der Waals surface area contributed by atoms with Crippen LogP contribution in [0.5, 0.6) is 5.75 Å². The number of hydrogen-bond donors (Lipinski definition) is 0. The second-order valence-corrected chi connectivity index (χ2v) is 6.39. The van der Waals surface area contributed by atoms with E-state index in [4.69, 9.17) is 4.74 Å². The van der Waals surface area contributed by atoms with Crippen molar-refractivity contribution in [3.63, 3.8) is 0 Å². The number of benzene rings is 2. The molecular formula is C16H16Br2O. The molecule has 0 aliphatic rings. The quantitative estimate of drug-likeness (QED) is 0.630. The van der Waals surface area contributed by atoms with E-state index in [-0.39, 0.29) is 4.83 Å². The fraction of sp³-hybridized carbons (Fsp3) is 0.250. The molecule has 0 N–H and O–H groups in total. The zero-order valence-corrected chi connectivity index (χ0v) is 14.4. The lowest BCUT2D eigenvalue weighted by atomic mass is 10.0. The predicted molar refractivity (Wildman–Crippen MR) is 87.4 cm³/mol. The molecule has 1 atom stereocenters. The molecule has 0 fully saturated rings. The molecule has 0 radical (unpaired) electrons. The summed E-state index contributed by atoms with van der Waals surface area (Å²) < 4.78 is 6.42. The van der Waals surface area contributed by atoms with Gasteiger partial charge in [0, 0.05) is 4.47 Å². The van der Waals surface area contributed by atoms with Crippen molar-refractivity contribution in [2.45, 2.75) is 18.7 Å². The van der Waals surface area contributed by atoms with E-state index in [1.807, 2.05) is 6.07 Å². The van der Waals surface area contributed by atoms with Crippen molar-refractivity contribution >= 4 is 31.9 Å². The number of methoxy groups -OCH3 is 1. The molecule has 0 aliphatic carbocycles. The van der Waals surface area contributed by atoms with Gasteiger partial charge in [-0.3, -0.25) is 0 Å². The van der Waals surface area contributed by atoms with Crippen LogP contribution in [0.2, 0.25) is 0 Å². The summed E-state index contributed by atoms with van der Waals surface area (Å²) in [5.41, 5.74) is 4.87. The van der Waals surface area contributed by atoms with E-state index in [0.29, 0.717) is 0 Å². The van der Waals surface area contributed by atoms with Crippen LogP contribution in [-0.4, -0.2) is 7.11 Å². The van der Waals surface area contributed by atoms with Gasteiger partial charge in [-0.1, -0.05) is 61.7 Å². The van der Waals surface area contributed by atoms with E-state index in [1.54, 1.807) is 7.11 Å². The number of ether oxygens (including phenoxy) is 1. The SMILES string of the molecule is COc1ccc(C(Br)c2cc(C)ccc2Br)cc1C. The van der Waals surface area contributed by atoms with Gasteiger partial charge in [0.2, 0.25) is 0 Å². The lowest BCUT2D eigenvalue weighted by Gasteiger charge is -2.15. The number of hydrogen-bond acceptors (Lipinski definition) is 1. The Labute approximate surface area is 131 Å². The lowest BCUT2D eigenvalue weighted by molar-refractivity contribution is 0.411. The monoisotopic (exact) mass is 382 g/mol. The molecule has 0 aliphatic heterocycles. The van der Waals surface area contributed by atoms with Crippen LogP contribution in [0.15, 0.2) is 40.9 Å². The summed E-state index contributed by atoms with van der Waals surface area (Å²) in [5, 5.41) is 0. The molecule has 0 saturated carbocycles. The van der Waals surface area contributed by atoms with Crippen LogP contribution >= 0.6 is 31.9 Å². The fourth-order valence-corrected chi connectivity index (χ4v) is 3.54. The Bertz CT molecular complexity index is 593. The smallest absolute Gasteiger partial charge is 0.121 e. The molecule has 0 heterocycles. The van der Waals surface area contributed by atoms with Gasteiger partial charge in [-0.2, -0.15) is 0 Å². The van der Waals surface area contributed by atoms with Crippen LogP contribution in [0.1, 0.15) is 27.1 Å². The van der Waals surface area contributed by atoms with Crippen molar-refractivity contribution in [3.05, 3.63) is 63.1 Å². The largest absolute Gasteiger partial charge is 0.496 e. The van der Waals surface area contributed by atoms with E-state index in [1.165, 1.54) is 16.7 Å². The second-order valence-electron chi connectivity index (χ2n) is 4.62. The minimum atomic E-state index is 0.173. The van der Waals surface area contributed by atoms with E-state index in [0.717, 1.165) is 15.8 Å². The Hall–Kier alpha value is -0.800. The van der Waals surface area contributed by atoms with Gasteiger partial charge in [0.05, 0.1) is 11.9 Å². The molecule has 0 bridgehead atoms. The van der Waals surface area contributed by atoms with Crippen LogP contribution in [-0.2, 0) is 0 Å². The average Bonchev–Trinajstić information content (AvgIpc) is 2.40. The number of alkyl halides is 1. The number of aryl methyl sites for hydroxylation is 2. The molecule has 19 heavy (non-hydrogen) atoms. The van der Waals surface area contributed by atoms with Gasteiger partial charge < -0.3 is 4.74 Å². The lowest BCUT2D eigenvalue weighted by Crippen LogP contribution is -1.96. The summed E-state index contributed by atoms with van der Waals surface area (Å²) >= 11 is 7.41. The molecule has 2 aromatic carbocycles. The fourth-order valence-electron chi connectivity index (χ4n) is 2.10. The zero-order chi connectivity index (χ0) is 14.0. The standard InChI is InChI=1S/C16H16Br2O/c1-10-4-6-14(17)13(8-10)16(18)12-5-7-15(19-3)11(2)9-12/h4-9,16H,1-3H3. The molecule has 3 heteroatoms. The van der Waals surface area contributed by atoms with Crippen LogP contribution in [0.4, 0.5) is 0 Å². The maximum atomic E-state index is 5.30. The average molecular weight is 384 g/mol. The first-order valence-corrected chi connectivity index (χ1v) is 7.78. The van der Waals surface area contributed by atoms with Crippen LogP contribution < -0.4 is 4.74 Å². The minimum absolute atomic E-state index is 0.173. The molecule has 0 aromatic heterocycles. The zero-order valence-electron chi connectivity index (χ0n) is 11.2. The third-order valence-electron chi connectivity index (χ3n) is 3.14. The summed E-state index contributed by atoms with van der Waals surface area (Å²) in [6, 6.07) is 12.7. The highest BCUT2D eigenvalue weighted by molar-refractivity contribution is 9.11. The molecule has 0 spiro atoms. The highest BCUT2D eigenvalue weighted by Gasteiger charge is 2.14. The van der Waals surface area contributed by atoms with Crippen LogP contribution in [0.3, 0.4) is 0 Å². The summed E-state index contributed by atoms with van der Waals surface area (Å²) in [6.45, 7) is 4.17. The highest BCUT2D eigenvalue weighted by Crippen LogP contribution is 2.37. The molecular weight excluding hydrogens is 368 g/mol. The molecule has 100 valence electrons. The Kier molecular flexibility index (Phi) is 4.69. The van der Waals surface area contributed by atoms with Gasteiger partial charge in [-0.15, -0.1) is 0 Å². The summed E-state index contributed by atoms with van der Waals surface area (Å²) in [7, 11) is 1.70. The van der Waals surface area contributed by atoms with Crippen molar-refractivity contribution in [3.8, 4) is 5.75 Å². The Morgan fingerprint density at radius 3 is 2.42 bits per heavy atom. The van der Waals surface area contributed by atoms with Gasteiger partial charge in [-0.25, -0.2) is 0 Å². The van der Waals surface area contributed by atoms with Crippen molar-refractivity contribution in [2.75, 3.05) is 7.11 Å². The maximum absolute atomic E-state index is 5.30. The van der Waals surface area contributed by atoms with Crippen LogP contribution in [0, 0.1) is 13.8 Å². The van der Waals surface area contributed by atoms with E-state index in [9.17, 15) is 0 Å². The Morgan fingerprint density at radius 2 is 1.79 bits per heavy atom. The minimum Gasteiger partial charge on any atom is -0.496 e. The summed E-state index contributed by atoms with van der Waals surface area (Å²) in [5.74, 6) is 0.923. The van der Waals surface area contributed by atoms with Gasteiger partial charge in [-0.05, 0) is 42.7 Å². The van der Waals surface area contributed by atoms with Gasteiger partial charge in [0.25, 0.3) is 0 Å². The van der Waals surface area contributed by atoms with Gasteiger partial charge >= 0.3 is 0 Å². The molecule has 1 unspecified atom stereocenters. The van der Waals surface area contributed by atoms with E-state index < -0.39 is 0 Å². The van der Waals surface area contributed by atoms with Gasteiger partial charge in [0.15, 0.2) is 0 Å². The topological polar surface area (TPSA) is 9.23 Å². The Balaban J connectivity index is 2.41.